The van der Waals surface area contributed by atoms with Crippen molar-refractivity contribution >= 4 is 22.5 Å². The molecule has 2 aliphatic heterocycles. The summed E-state index contributed by atoms with van der Waals surface area (Å²) in [5.41, 5.74) is 11.2. The summed E-state index contributed by atoms with van der Waals surface area (Å²) in [7, 11) is 0. The number of nitrogens with zero attached hydrogens (tertiary/aromatic N) is 2. The van der Waals surface area contributed by atoms with E-state index in [1.54, 1.807) is 0 Å². The molecule has 3 heteroatoms. The van der Waals surface area contributed by atoms with Crippen molar-refractivity contribution in [2.45, 2.75) is 52.6 Å². The second-order valence-corrected chi connectivity index (χ2v) is 11.8. The van der Waals surface area contributed by atoms with Crippen molar-refractivity contribution in [2.24, 2.45) is 0 Å². The summed E-state index contributed by atoms with van der Waals surface area (Å²) in [6, 6.07) is 34.5. The van der Waals surface area contributed by atoms with Gasteiger partial charge in [0, 0.05) is 11.1 Å². The summed E-state index contributed by atoms with van der Waals surface area (Å²) in [5.74, 6) is 0. The molecule has 0 bridgehead atoms. The molecule has 2 aliphatic rings. The molecule has 0 unspecified atom stereocenters. The van der Waals surface area contributed by atoms with Crippen molar-refractivity contribution in [3.8, 4) is 22.3 Å². The first kappa shape index (κ1) is 25.2. The fourth-order valence-electron chi connectivity index (χ4n) is 6.01. The van der Waals surface area contributed by atoms with E-state index in [1.807, 2.05) is 0 Å². The smallest absolute Gasteiger partial charge is 0.0827 e. The molecule has 0 saturated heterocycles. The van der Waals surface area contributed by atoms with Gasteiger partial charge >= 0.3 is 0 Å². The zero-order valence-corrected chi connectivity index (χ0v) is 23.7. The number of allylic oxidation sites excluding steroid dienone is 2. The van der Waals surface area contributed by atoms with Crippen LogP contribution in [0.4, 0.5) is 11.4 Å². The molecule has 0 saturated carbocycles. The largest absolute Gasteiger partial charge is 0.219 e. The summed E-state index contributed by atoms with van der Waals surface area (Å²) in [6.45, 7) is 13.2. The number of hydrogen-bond acceptors (Lipinski definition) is 3. The van der Waals surface area contributed by atoms with Gasteiger partial charge in [-0.25, -0.2) is 10.1 Å². The Labute approximate surface area is 232 Å². The Morgan fingerprint density at radius 3 is 1.26 bits per heavy atom. The second kappa shape index (κ2) is 9.29. The van der Waals surface area contributed by atoms with Crippen LogP contribution in [0.2, 0.25) is 0 Å². The Kier molecular flexibility index (Phi) is 6.00. The Morgan fingerprint density at radius 1 is 0.487 bits per heavy atom. The lowest BCUT2D eigenvalue weighted by Gasteiger charge is -2.48. The molecule has 0 aliphatic carbocycles. The summed E-state index contributed by atoms with van der Waals surface area (Å²) < 4.78 is 0. The van der Waals surface area contributed by atoms with Gasteiger partial charge in [-0.1, -0.05) is 84.9 Å². The van der Waals surface area contributed by atoms with Gasteiger partial charge in [0.1, 0.15) is 0 Å². The SMILES string of the molecule is CC1=CC(C)(C)N(ON2c3ccc(-c4ccccc4)cc3C(C)=CC2(C)C)c2ccc(-c3ccccc3)cc21. The Bertz CT molecular complexity index is 1480. The van der Waals surface area contributed by atoms with E-state index in [2.05, 4.69) is 161 Å². The number of anilines is 2. The Hall–Kier alpha value is -4.08. The van der Waals surface area contributed by atoms with Gasteiger partial charge in [0.2, 0.25) is 0 Å². The van der Waals surface area contributed by atoms with Crippen molar-refractivity contribution in [3.63, 3.8) is 0 Å². The predicted molar refractivity (Wildman–Crippen MR) is 165 cm³/mol. The van der Waals surface area contributed by atoms with Gasteiger partial charge in [-0.15, -0.1) is 0 Å². The van der Waals surface area contributed by atoms with Crippen LogP contribution in [-0.4, -0.2) is 11.1 Å². The van der Waals surface area contributed by atoms with Gasteiger partial charge in [0.05, 0.1) is 22.5 Å². The molecule has 6 rings (SSSR count). The van der Waals surface area contributed by atoms with E-state index in [1.165, 1.54) is 44.5 Å². The molecular formula is C36H36N2O. The zero-order chi connectivity index (χ0) is 27.4. The standard InChI is InChI=1S/C36H36N2O/c1-25-23-35(3,4)37(33-19-17-29(21-31(25)33)27-13-9-7-10-14-27)39-38-34-20-18-30(28-15-11-8-12-16-28)22-32(34)26(2)24-36(38,5)6/h7-24H,1-6H3. The Morgan fingerprint density at radius 2 is 0.872 bits per heavy atom. The molecule has 0 spiro atoms. The van der Waals surface area contributed by atoms with Crippen molar-refractivity contribution in [2.75, 3.05) is 10.1 Å². The van der Waals surface area contributed by atoms with Crippen LogP contribution in [-0.2, 0) is 4.94 Å². The molecule has 0 radical (unpaired) electrons. The lowest BCUT2D eigenvalue weighted by molar-refractivity contribution is 0.0258. The predicted octanol–water partition coefficient (Wildman–Crippen LogP) is 9.57. The fourth-order valence-corrected chi connectivity index (χ4v) is 6.01. The van der Waals surface area contributed by atoms with Crippen LogP contribution in [0.25, 0.3) is 33.4 Å². The number of hydrogen-bond donors (Lipinski definition) is 0. The first-order chi connectivity index (χ1) is 18.6. The van der Waals surface area contributed by atoms with E-state index < -0.39 is 0 Å². The zero-order valence-electron chi connectivity index (χ0n) is 23.7. The molecule has 0 N–H and O–H groups in total. The number of rotatable bonds is 4. The molecule has 4 aromatic rings. The molecule has 4 aromatic carbocycles. The van der Waals surface area contributed by atoms with E-state index in [0.29, 0.717) is 0 Å². The third-order valence-electron chi connectivity index (χ3n) is 7.84. The molecule has 3 nitrogen and oxygen atoms in total. The third-order valence-corrected chi connectivity index (χ3v) is 7.84. The third kappa shape index (κ3) is 4.47. The second-order valence-electron chi connectivity index (χ2n) is 11.8. The highest BCUT2D eigenvalue weighted by Crippen LogP contribution is 2.45. The van der Waals surface area contributed by atoms with E-state index in [4.69, 9.17) is 4.94 Å². The number of benzene rings is 4. The lowest BCUT2D eigenvalue weighted by atomic mass is 9.88. The normalized spacial score (nSPS) is 17.2. The Balaban J connectivity index is 1.42. The quantitative estimate of drug-likeness (QED) is 0.271. The number of fused-ring (bicyclic) bond motifs is 2. The van der Waals surface area contributed by atoms with E-state index >= 15 is 0 Å². The van der Waals surface area contributed by atoms with Crippen LogP contribution >= 0.6 is 0 Å². The van der Waals surface area contributed by atoms with Gasteiger partial charge in [0.25, 0.3) is 0 Å². The minimum Gasteiger partial charge on any atom is -0.219 e. The molecule has 0 amide bonds. The first-order valence-electron chi connectivity index (χ1n) is 13.7. The highest BCUT2D eigenvalue weighted by Gasteiger charge is 2.40. The maximum atomic E-state index is 6.98. The van der Waals surface area contributed by atoms with Crippen molar-refractivity contribution in [3.05, 3.63) is 120 Å². The fraction of sp³-hybridized carbons (Fsp3) is 0.222. The summed E-state index contributed by atoms with van der Waals surface area (Å²) >= 11 is 0. The van der Waals surface area contributed by atoms with E-state index in [0.717, 1.165) is 11.4 Å². The summed E-state index contributed by atoms with van der Waals surface area (Å²) in [6.07, 6.45) is 4.61. The minimum atomic E-state index is -0.345. The first-order valence-corrected chi connectivity index (χ1v) is 13.7. The topological polar surface area (TPSA) is 15.7 Å². The van der Waals surface area contributed by atoms with Crippen LogP contribution in [0, 0.1) is 0 Å². The van der Waals surface area contributed by atoms with Crippen LogP contribution in [0.3, 0.4) is 0 Å². The van der Waals surface area contributed by atoms with Crippen LogP contribution in [0.5, 0.6) is 0 Å². The van der Waals surface area contributed by atoms with Crippen LogP contribution in [0.1, 0.15) is 52.7 Å². The molecule has 0 atom stereocenters. The molecule has 196 valence electrons. The average Bonchev–Trinajstić information content (AvgIpc) is 2.92. The molecule has 0 aromatic heterocycles. The summed E-state index contributed by atoms with van der Waals surface area (Å²) in [4.78, 5) is 6.98. The van der Waals surface area contributed by atoms with Crippen LogP contribution < -0.4 is 10.1 Å². The minimum absolute atomic E-state index is 0.345. The van der Waals surface area contributed by atoms with Gasteiger partial charge in [-0.3, -0.25) is 0 Å². The monoisotopic (exact) mass is 512 g/mol. The molecule has 39 heavy (non-hydrogen) atoms. The van der Waals surface area contributed by atoms with Gasteiger partial charge < -0.3 is 0 Å². The van der Waals surface area contributed by atoms with Crippen LogP contribution in [0.15, 0.2) is 109 Å². The van der Waals surface area contributed by atoms with Gasteiger partial charge in [-0.2, -0.15) is 4.94 Å². The van der Waals surface area contributed by atoms with Gasteiger partial charge in [-0.05, 0) is 99.2 Å². The van der Waals surface area contributed by atoms with Crippen molar-refractivity contribution in [1.29, 1.82) is 0 Å². The lowest BCUT2D eigenvalue weighted by Crippen LogP contribution is -2.55. The van der Waals surface area contributed by atoms with E-state index in [-0.39, 0.29) is 11.1 Å². The average molecular weight is 513 g/mol. The highest BCUT2D eigenvalue weighted by molar-refractivity contribution is 5.86. The van der Waals surface area contributed by atoms with Gasteiger partial charge in [0.15, 0.2) is 0 Å². The maximum Gasteiger partial charge on any atom is 0.0827 e. The highest BCUT2D eigenvalue weighted by atomic mass is 16.8. The summed E-state index contributed by atoms with van der Waals surface area (Å²) in [5, 5.41) is 4.16. The molecular weight excluding hydrogens is 476 g/mol. The molecule has 0 fully saturated rings. The van der Waals surface area contributed by atoms with Crippen molar-refractivity contribution < 1.29 is 4.94 Å². The molecule has 2 heterocycles. The van der Waals surface area contributed by atoms with Crippen molar-refractivity contribution in [1.82, 2.24) is 0 Å². The number of hydroxylamine groups is 2. The maximum absolute atomic E-state index is 6.98. The van der Waals surface area contributed by atoms with E-state index in [9.17, 15) is 0 Å².